The van der Waals surface area contributed by atoms with Gasteiger partial charge in [0.1, 0.15) is 22.8 Å². The number of nitrogens with one attached hydrogen (secondary N) is 1. The van der Waals surface area contributed by atoms with E-state index in [0.717, 1.165) is 44.1 Å². The Bertz CT molecular complexity index is 2380. The third-order valence-corrected chi connectivity index (χ3v) is 9.61. The Hall–Kier alpha value is -5.59. The summed E-state index contributed by atoms with van der Waals surface area (Å²) in [5.74, 6) is -0.147. The molecule has 1 aliphatic rings. The number of halogens is 3. The monoisotopic (exact) mass is 739 g/mol. The van der Waals surface area contributed by atoms with Crippen molar-refractivity contribution in [3.05, 3.63) is 118 Å². The minimum atomic E-state index is -0.790. The second-order valence-electron chi connectivity index (χ2n) is 13.0. The number of benzene rings is 3. The number of nitrogens with zero attached hydrogens (tertiary/aromatic N) is 4. The molecule has 7 rings (SSSR count). The van der Waals surface area contributed by atoms with Crippen molar-refractivity contribution in [2.75, 3.05) is 38.7 Å². The molecule has 1 saturated heterocycles. The molecule has 272 valence electrons. The molecule has 1 N–H and O–H groups in total. The first-order valence-corrected chi connectivity index (χ1v) is 17.6. The Morgan fingerprint density at radius 3 is 2.53 bits per heavy atom. The molecule has 4 heterocycles. The Kier molecular flexibility index (Phi) is 10.5. The smallest absolute Gasteiger partial charge is 0.269 e. The maximum Gasteiger partial charge on any atom is 0.269 e. The van der Waals surface area contributed by atoms with Crippen molar-refractivity contribution in [1.82, 2.24) is 19.4 Å². The number of fused-ring (bicyclic) bond motifs is 2. The molecule has 53 heavy (non-hydrogen) atoms. The summed E-state index contributed by atoms with van der Waals surface area (Å²) in [4.78, 5) is 38.3. The normalized spacial score (nSPS) is 13.7. The fourth-order valence-corrected chi connectivity index (χ4v) is 6.57. The van der Waals surface area contributed by atoms with Crippen molar-refractivity contribution < 1.29 is 27.8 Å². The van der Waals surface area contributed by atoms with Crippen LogP contribution in [0.1, 0.15) is 36.5 Å². The van der Waals surface area contributed by atoms with Crippen molar-refractivity contribution in [3.63, 3.8) is 0 Å². The fraction of sp³-hybridized carbons (Fsp3) is 0.250. The van der Waals surface area contributed by atoms with E-state index in [1.165, 1.54) is 53.9 Å². The number of hydrogen-bond acceptors (Lipinski definition) is 8. The van der Waals surface area contributed by atoms with Crippen LogP contribution in [0.25, 0.3) is 27.6 Å². The number of carbonyl (C=O) groups is 1. The van der Waals surface area contributed by atoms with Crippen LogP contribution in [0.5, 0.6) is 23.0 Å². The summed E-state index contributed by atoms with van der Waals surface area (Å²) < 4.78 is 48.3. The molecule has 1 amide bonds. The number of hydrogen-bond donors (Lipinski definition) is 1. The van der Waals surface area contributed by atoms with Crippen molar-refractivity contribution in [1.29, 1.82) is 0 Å². The van der Waals surface area contributed by atoms with E-state index in [9.17, 15) is 14.0 Å². The van der Waals surface area contributed by atoms with E-state index in [4.69, 9.17) is 25.8 Å². The molecule has 0 radical (unpaired) electrons. The zero-order chi connectivity index (χ0) is 37.1. The highest BCUT2D eigenvalue weighted by atomic mass is 35.5. The predicted octanol–water partition coefficient (Wildman–Crippen LogP) is 8.42. The largest absolute Gasteiger partial charge is 0.493 e. The Morgan fingerprint density at radius 1 is 0.925 bits per heavy atom. The number of methoxy groups -OCH3 is 1. The van der Waals surface area contributed by atoms with Crippen LogP contribution >= 0.6 is 11.6 Å². The molecule has 0 saturated carbocycles. The van der Waals surface area contributed by atoms with E-state index in [1.54, 1.807) is 43.6 Å². The number of likely N-dealkylation sites (tertiary alicyclic amines) is 1. The predicted molar refractivity (Wildman–Crippen MR) is 200 cm³/mol. The van der Waals surface area contributed by atoms with Crippen LogP contribution < -0.4 is 25.1 Å². The molecule has 0 unspecified atom stereocenters. The lowest BCUT2D eigenvalue weighted by molar-refractivity contribution is 0.102. The maximum atomic E-state index is 15.5. The summed E-state index contributed by atoms with van der Waals surface area (Å²) in [6.45, 7) is 6.03. The van der Waals surface area contributed by atoms with Gasteiger partial charge in [0.05, 0.1) is 29.9 Å². The molecule has 0 spiro atoms. The fourth-order valence-electron chi connectivity index (χ4n) is 6.39. The molecule has 1 aliphatic heterocycles. The molecule has 0 atom stereocenters. The van der Waals surface area contributed by atoms with Crippen LogP contribution in [-0.2, 0) is 0 Å². The lowest BCUT2D eigenvalue weighted by atomic mass is 9.99. The summed E-state index contributed by atoms with van der Waals surface area (Å²) in [7, 11) is 1.55. The van der Waals surface area contributed by atoms with Crippen LogP contribution in [-0.4, -0.2) is 58.7 Å². The highest BCUT2D eigenvalue weighted by Gasteiger charge is 2.20. The van der Waals surface area contributed by atoms with Crippen molar-refractivity contribution in [2.24, 2.45) is 5.92 Å². The van der Waals surface area contributed by atoms with Crippen LogP contribution in [0.2, 0.25) is 5.02 Å². The van der Waals surface area contributed by atoms with E-state index in [1.807, 2.05) is 0 Å². The van der Waals surface area contributed by atoms with E-state index >= 15 is 4.39 Å². The zero-order valence-corrected chi connectivity index (χ0v) is 29.8. The van der Waals surface area contributed by atoms with Gasteiger partial charge in [-0.15, -0.1) is 0 Å². The second-order valence-corrected chi connectivity index (χ2v) is 13.4. The Balaban J connectivity index is 1.07. The van der Waals surface area contributed by atoms with Crippen LogP contribution in [0.4, 0.5) is 14.5 Å². The number of carbonyl (C=O) groups excluding carboxylic acids is 1. The topological polar surface area (TPSA) is 108 Å². The molecular formula is C40H36ClF2N5O5. The molecule has 10 nitrogen and oxygen atoms in total. The summed E-state index contributed by atoms with van der Waals surface area (Å²) >= 11 is 6.00. The number of ether oxygens (including phenoxy) is 3. The zero-order valence-electron chi connectivity index (χ0n) is 29.1. The van der Waals surface area contributed by atoms with Gasteiger partial charge in [-0.2, -0.15) is 0 Å². The van der Waals surface area contributed by atoms with Crippen molar-refractivity contribution in [2.45, 2.75) is 26.2 Å². The SMILES string of the molecule is COc1cc2c(Oc3ccc(NC(=O)c4cc5cccnc5n(-c5ccc(F)c(Cl)c5)c4=O)cc3F)ccnc2cc1OCCCN1CCC(C)CC1. The number of aromatic nitrogens is 3. The Morgan fingerprint density at radius 2 is 1.75 bits per heavy atom. The van der Waals surface area contributed by atoms with Gasteiger partial charge in [0, 0.05) is 47.5 Å². The first kappa shape index (κ1) is 35.8. The Labute approximate surface area is 308 Å². The van der Waals surface area contributed by atoms with Crippen LogP contribution in [0, 0.1) is 17.6 Å². The number of rotatable bonds is 11. The number of amides is 1. The second kappa shape index (κ2) is 15.6. The van der Waals surface area contributed by atoms with Gasteiger partial charge in [0.15, 0.2) is 23.1 Å². The van der Waals surface area contributed by atoms with Crippen molar-refractivity contribution in [3.8, 4) is 28.7 Å². The molecular weight excluding hydrogens is 704 g/mol. The maximum absolute atomic E-state index is 15.5. The number of pyridine rings is 3. The van der Waals surface area contributed by atoms with Gasteiger partial charge in [0.2, 0.25) is 0 Å². The van der Waals surface area contributed by atoms with Crippen molar-refractivity contribution >= 4 is 45.1 Å². The lowest BCUT2D eigenvalue weighted by Crippen LogP contribution is -2.34. The van der Waals surface area contributed by atoms with Gasteiger partial charge in [0.25, 0.3) is 11.5 Å². The average molecular weight is 740 g/mol. The minimum absolute atomic E-state index is 0.0831. The summed E-state index contributed by atoms with van der Waals surface area (Å²) in [6, 6.07) is 17.5. The van der Waals surface area contributed by atoms with E-state index in [0.29, 0.717) is 40.1 Å². The van der Waals surface area contributed by atoms with E-state index < -0.39 is 23.1 Å². The molecule has 6 aromatic rings. The number of piperidine rings is 1. The third-order valence-electron chi connectivity index (χ3n) is 9.32. The highest BCUT2D eigenvalue weighted by Crippen LogP contribution is 2.38. The molecule has 1 fully saturated rings. The first-order valence-electron chi connectivity index (χ1n) is 17.3. The van der Waals surface area contributed by atoms with Gasteiger partial charge in [-0.25, -0.2) is 13.8 Å². The lowest BCUT2D eigenvalue weighted by Gasteiger charge is -2.30. The van der Waals surface area contributed by atoms with Gasteiger partial charge in [-0.3, -0.25) is 19.1 Å². The molecule has 3 aromatic carbocycles. The standard InChI is InChI=1S/C40H36ClF2N5O5/c1-24-11-16-47(17-12-24)15-4-18-52-37-23-33-28(22-36(37)51-2)34(10-14-44-33)53-35-9-6-26(20-32(35)43)46-39(49)29-19-25-5-3-13-45-38(25)48(40(29)50)27-7-8-31(42)30(41)21-27/h3,5-10,13-14,19-24H,4,11-12,15-18H2,1-2H3,(H,46,49). The quantitative estimate of drug-likeness (QED) is 0.132. The molecule has 13 heteroatoms. The summed E-state index contributed by atoms with van der Waals surface area (Å²) in [5, 5.41) is 3.44. The van der Waals surface area contributed by atoms with Gasteiger partial charge < -0.3 is 24.4 Å². The summed E-state index contributed by atoms with van der Waals surface area (Å²) in [5.41, 5.74) is 0.149. The summed E-state index contributed by atoms with van der Waals surface area (Å²) in [6.07, 6.45) is 6.39. The molecule has 0 aliphatic carbocycles. The van der Waals surface area contributed by atoms with Crippen LogP contribution in [0.15, 0.2) is 90.0 Å². The molecule has 0 bridgehead atoms. The minimum Gasteiger partial charge on any atom is -0.493 e. The van der Waals surface area contributed by atoms with Gasteiger partial charge in [-0.05, 0) is 98.9 Å². The van der Waals surface area contributed by atoms with E-state index in [-0.39, 0.29) is 33.4 Å². The third kappa shape index (κ3) is 7.79. The highest BCUT2D eigenvalue weighted by molar-refractivity contribution is 6.30. The van der Waals surface area contributed by atoms with E-state index in [2.05, 4.69) is 27.1 Å². The molecule has 3 aromatic heterocycles. The van der Waals surface area contributed by atoms with Crippen LogP contribution in [0.3, 0.4) is 0 Å². The van der Waals surface area contributed by atoms with Gasteiger partial charge in [-0.1, -0.05) is 18.5 Å². The number of anilines is 1. The van der Waals surface area contributed by atoms with Gasteiger partial charge >= 0.3 is 0 Å². The first-order chi connectivity index (χ1) is 25.7. The average Bonchev–Trinajstić information content (AvgIpc) is 3.16.